The number of amides is 1. The number of aryl methyl sites for hydroxylation is 1. The standard InChI is InChI=1S/C18H18N4O2/c1-12-6-7-17(21-20-12)24-13-8-9-22(11-13)18(23)15-10-19-16-5-3-2-4-14(15)16/h2-7,10,13,19H,8-9,11H2,1H3. The van der Waals surface area contributed by atoms with Crippen molar-refractivity contribution in [3.8, 4) is 5.88 Å². The van der Waals surface area contributed by atoms with E-state index in [1.54, 1.807) is 6.20 Å². The van der Waals surface area contributed by atoms with Crippen molar-refractivity contribution in [2.45, 2.75) is 19.4 Å². The molecule has 3 aromatic rings. The number of aromatic amines is 1. The predicted molar refractivity (Wildman–Crippen MR) is 90.0 cm³/mol. The third kappa shape index (κ3) is 2.71. The number of carbonyl (C=O) groups excluding carboxylic acids is 1. The number of benzene rings is 1. The Hall–Kier alpha value is -2.89. The van der Waals surface area contributed by atoms with E-state index in [4.69, 9.17) is 4.74 Å². The quantitative estimate of drug-likeness (QED) is 0.804. The summed E-state index contributed by atoms with van der Waals surface area (Å²) < 4.78 is 5.84. The third-order valence-electron chi connectivity index (χ3n) is 4.31. The first-order valence-corrected chi connectivity index (χ1v) is 8.03. The van der Waals surface area contributed by atoms with E-state index in [0.29, 0.717) is 24.5 Å². The number of H-pyrrole nitrogens is 1. The van der Waals surface area contributed by atoms with Crippen LogP contribution in [0, 0.1) is 6.92 Å². The van der Waals surface area contributed by atoms with Crippen LogP contribution in [0.3, 0.4) is 0 Å². The Bertz CT molecular complexity index is 872. The van der Waals surface area contributed by atoms with E-state index in [0.717, 1.165) is 23.0 Å². The maximum atomic E-state index is 12.8. The number of carbonyl (C=O) groups is 1. The zero-order chi connectivity index (χ0) is 16.5. The molecule has 1 aliphatic rings. The SMILES string of the molecule is Cc1ccc(OC2CCN(C(=O)c3c[nH]c4ccccc34)C2)nn1. The lowest BCUT2D eigenvalue weighted by atomic mass is 10.1. The molecule has 2 aromatic heterocycles. The van der Waals surface area contributed by atoms with E-state index in [9.17, 15) is 4.79 Å². The number of para-hydroxylation sites is 1. The zero-order valence-corrected chi connectivity index (χ0v) is 13.4. The first kappa shape index (κ1) is 14.7. The average Bonchev–Trinajstić information content (AvgIpc) is 3.23. The minimum absolute atomic E-state index is 0.0357. The van der Waals surface area contributed by atoms with Crippen LogP contribution in [0.1, 0.15) is 22.5 Å². The number of aromatic nitrogens is 3. The van der Waals surface area contributed by atoms with Crippen LogP contribution in [0.5, 0.6) is 5.88 Å². The molecule has 1 aromatic carbocycles. The summed E-state index contributed by atoms with van der Waals surface area (Å²) in [6.45, 7) is 3.13. The summed E-state index contributed by atoms with van der Waals surface area (Å²) in [5, 5.41) is 8.97. The fourth-order valence-corrected chi connectivity index (χ4v) is 3.05. The minimum Gasteiger partial charge on any atom is -0.471 e. The van der Waals surface area contributed by atoms with Crippen LogP contribution < -0.4 is 4.74 Å². The van der Waals surface area contributed by atoms with Gasteiger partial charge in [0.15, 0.2) is 0 Å². The molecule has 0 spiro atoms. The summed E-state index contributed by atoms with van der Waals surface area (Å²) in [6.07, 6.45) is 2.53. The van der Waals surface area contributed by atoms with Crippen LogP contribution in [0.4, 0.5) is 0 Å². The van der Waals surface area contributed by atoms with Gasteiger partial charge in [0, 0.05) is 36.1 Å². The van der Waals surface area contributed by atoms with E-state index >= 15 is 0 Å². The van der Waals surface area contributed by atoms with Crippen LogP contribution in [-0.4, -0.2) is 45.2 Å². The molecular weight excluding hydrogens is 304 g/mol. The molecule has 0 bridgehead atoms. The maximum Gasteiger partial charge on any atom is 0.256 e. The molecule has 4 rings (SSSR count). The second kappa shape index (κ2) is 5.96. The van der Waals surface area contributed by atoms with Crippen LogP contribution in [0.15, 0.2) is 42.6 Å². The van der Waals surface area contributed by atoms with E-state index in [-0.39, 0.29) is 12.0 Å². The highest BCUT2D eigenvalue weighted by Gasteiger charge is 2.29. The van der Waals surface area contributed by atoms with Gasteiger partial charge in [-0.25, -0.2) is 0 Å². The number of likely N-dealkylation sites (tertiary alicyclic amines) is 1. The first-order valence-electron chi connectivity index (χ1n) is 8.03. The third-order valence-corrected chi connectivity index (χ3v) is 4.31. The van der Waals surface area contributed by atoms with Gasteiger partial charge in [0.1, 0.15) is 6.10 Å². The van der Waals surface area contributed by atoms with Gasteiger partial charge < -0.3 is 14.6 Å². The molecule has 24 heavy (non-hydrogen) atoms. The molecule has 1 unspecified atom stereocenters. The van der Waals surface area contributed by atoms with Crippen molar-refractivity contribution in [2.24, 2.45) is 0 Å². The van der Waals surface area contributed by atoms with Crippen LogP contribution in [-0.2, 0) is 0 Å². The summed E-state index contributed by atoms with van der Waals surface area (Å²) in [4.78, 5) is 17.8. The van der Waals surface area contributed by atoms with Crippen molar-refractivity contribution in [2.75, 3.05) is 13.1 Å². The van der Waals surface area contributed by atoms with Crippen molar-refractivity contribution >= 4 is 16.8 Å². The molecule has 6 nitrogen and oxygen atoms in total. The Morgan fingerprint density at radius 3 is 2.96 bits per heavy atom. The number of hydrogen-bond acceptors (Lipinski definition) is 4. The summed E-state index contributed by atoms with van der Waals surface area (Å²) in [6, 6.07) is 11.5. The molecule has 6 heteroatoms. The van der Waals surface area contributed by atoms with Crippen molar-refractivity contribution < 1.29 is 9.53 Å². The largest absolute Gasteiger partial charge is 0.471 e. The van der Waals surface area contributed by atoms with Gasteiger partial charge in [0.25, 0.3) is 5.91 Å². The van der Waals surface area contributed by atoms with Crippen LogP contribution in [0.2, 0.25) is 0 Å². The molecule has 1 atom stereocenters. The molecule has 1 aliphatic heterocycles. The number of nitrogens with zero attached hydrogens (tertiary/aromatic N) is 3. The van der Waals surface area contributed by atoms with Gasteiger partial charge in [-0.2, -0.15) is 5.10 Å². The summed E-state index contributed by atoms with van der Waals surface area (Å²) in [7, 11) is 0. The Morgan fingerprint density at radius 2 is 2.12 bits per heavy atom. The van der Waals surface area contributed by atoms with E-state index < -0.39 is 0 Å². The lowest BCUT2D eigenvalue weighted by molar-refractivity contribution is 0.0773. The monoisotopic (exact) mass is 322 g/mol. The average molecular weight is 322 g/mol. The van der Waals surface area contributed by atoms with Gasteiger partial charge in [-0.3, -0.25) is 4.79 Å². The zero-order valence-electron chi connectivity index (χ0n) is 13.4. The Labute approximate surface area is 139 Å². The number of fused-ring (bicyclic) bond motifs is 1. The second-order valence-corrected chi connectivity index (χ2v) is 6.04. The van der Waals surface area contributed by atoms with Gasteiger partial charge >= 0.3 is 0 Å². The van der Waals surface area contributed by atoms with Gasteiger partial charge in [-0.05, 0) is 19.1 Å². The van der Waals surface area contributed by atoms with E-state index in [2.05, 4.69) is 15.2 Å². The van der Waals surface area contributed by atoms with E-state index in [1.165, 1.54) is 0 Å². The smallest absolute Gasteiger partial charge is 0.256 e. The molecule has 3 heterocycles. The summed E-state index contributed by atoms with van der Waals surface area (Å²) >= 11 is 0. The molecule has 0 aliphatic carbocycles. The predicted octanol–water partition coefficient (Wildman–Crippen LogP) is 2.56. The van der Waals surface area contributed by atoms with Gasteiger partial charge in [-0.1, -0.05) is 18.2 Å². The lowest BCUT2D eigenvalue weighted by Gasteiger charge is -2.16. The normalized spacial score (nSPS) is 17.4. The van der Waals surface area contributed by atoms with Gasteiger partial charge in [0.05, 0.1) is 17.8 Å². The second-order valence-electron chi connectivity index (χ2n) is 6.04. The Balaban J connectivity index is 1.46. The fraction of sp³-hybridized carbons (Fsp3) is 0.278. The van der Waals surface area contributed by atoms with Gasteiger partial charge in [0.2, 0.25) is 5.88 Å². The Kier molecular flexibility index (Phi) is 3.65. The van der Waals surface area contributed by atoms with Crippen molar-refractivity contribution in [3.63, 3.8) is 0 Å². The number of hydrogen-bond donors (Lipinski definition) is 1. The van der Waals surface area contributed by atoms with Crippen molar-refractivity contribution in [3.05, 3.63) is 53.9 Å². The fourth-order valence-electron chi connectivity index (χ4n) is 3.05. The highest BCUT2D eigenvalue weighted by molar-refractivity contribution is 6.06. The molecule has 1 fully saturated rings. The van der Waals surface area contributed by atoms with Crippen molar-refractivity contribution in [1.29, 1.82) is 0 Å². The van der Waals surface area contributed by atoms with Crippen molar-refractivity contribution in [1.82, 2.24) is 20.1 Å². The Morgan fingerprint density at radius 1 is 1.25 bits per heavy atom. The summed E-state index contributed by atoms with van der Waals surface area (Å²) in [5.74, 6) is 0.542. The minimum atomic E-state index is -0.0452. The number of ether oxygens (including phenoxy) is 1. The lowest BCUT2D eigenvalue weighted by Crippen LogP contribution is -2.30. The topological polar surface area (TPSA) is 71.1 Å². The highest BCUT2D eigenvalue weighted by Crippen LogP contribution is 2.23. The number of nitrogens with one attached hydrogen (secondary N) is 1. The molecular formula is C18H18N4O2. The molecule has 0 radical (unpaired) electrons. The number of rotatable bonds is 3. The van der Waals surface area contributed by atoms with Gasteiger partial charge in [-0.15, -0.1) is 5.10 Å². The maximum absolute atomic E-state index is 12.8. The molecule has 0 saturated carbocycles. The first-order chi connectivity index (χ1) is 11.7. The van der Waals surface area contributed by atoms with Crippen LogP contribution in [0.25, 0.3) is 10.9 Å². The molecule has 1 saturated heterocycles. The molecule has 122 valence electrons. The van der Waals surface area contributed by atoms with E-state index in [1.807, 2.05) is 48.2 Å². The van der Waals surface area contributed by atoms with Crippen LogP contribution >= 0.6 is 0 Å². The highest BCUT2D eigenvalue weighted by atomic mass is 16.5. The molecule has 1 amide bonds. The molecule has 1 N–H and O–H groups in total. The summed E-state index contributed by atoms with van der Waals surface area (Å²) in [5.41, 5.74) is 2.54.